The largest absolute Gasteiger partial charge is 0.507 e. The number of benzene rings is 3. The lowest BCUT2D eigenvalue weighted by molar-refractivity contribution is -0.132. The zero-order valence-electron chi connectivity index (χ0n) is 18.5. The molecule has 1 aromatic heterocycles. The van der Waals surface area contributed by atoms with E-state index in [0.717, 1.165) is 10.0 Å². The molecule has 5 rings (SSSR count). The van der Waals surface area contributed by atoms with Crippen LogP contribution in [0.2, 0.25) is 5.02 Å². The van der Waals surface area contributed by atoms with Crippen molar-refractivity contribution in [3.05, 3.63) is 111 Å². The van der Waals surface area contributed by atoms with Crippen molar-refractivity contribution >= 4 is 73.2 Å². The van der Waals surface area contributed by atoms with E-state index in [4.69, 9.17) is 11.6 Å². The molecular formula is C26H17BrClN3O3S2. The van der Waals surface area contributed by atoms with Crippen molar-refractivity contribution in [2.24, 2.45) is 0 Å². The summed E-state index contributed by atoms with van der Waals surface area (Å²) in [6.45, 7) is 0. The van der Waals surface area contributed by atoms with Crippen molar-refractivity contribution < 1.29 is 14.7 Å². The third kappa shape index (κ3) is 4.97. The van der Waals surface area contributed by atoms with Crippen LogP contribution in [0.1, 0.15) is 22.7 Å². The van der Waals surface area contributed by atoms with Crippen molar-refractivity contribution in [1.29, 1.82) is 0 Å². The van der Waals surface area contributed by atoms with Crippen LogP contribution in [0.15, 0.2) is 93.2 Å². The second-order valence-electron chi connectivity index (χ2n) is 7.86. The number of Topliss-reactive ketones (excluding diaryl/α,β-unsaturated/α-hetero) is 1. The molecule has 1 aliphatic heterocycles. The second kappa shape index (κ2) is 10.6. The summed E-state index contributed by atoms with van der Waals surface area (Å²) in [4.78, 5) is 27.8. The Bertz CT molecular complexity index is 1480. The molecule has 6 nitrogen and oxygen atoms in total. The first-order chi connectivity index (χ1) is 17.4. The van der Waals surface area contributed by atoms with Crippen LogP contribution in [0, 0.1) is 0 Å². The van der Waals surface area contributed by atoms with Crippen LogP contribution in [0.3, 0.4) is 0 Å². The summed E-state index contributed by atoms with van der Waals surface area (Å²) in [7, 11) is 0. The van der Waals surface area contributed by atoms with Gasteiger partial charge in [0.1, 0.15) is 5.76 Å². The van der Waals surface area contributed by atoms with Gasteiger partial charge >= 0.3 is 5.91 Å². The van der Waals surface area contributed by atoms with Crippen LogP contribution in [0.5, 0.6) is 0 Å². The van der Waals surface area contributed by atoms with Crippen LogP contribution in [-0.2, 0) is 15.3 Å². The van der Waals surface area contributed by atoms with Crippen LogP contribution in [0.4, 0.5) is 5.13 Å². The molecule has 1 aliphatic rings. The molecule has 1 N–H and O–H groups in total. The monoisotopic (exact) mass is 597 g/mol. The number of nitrogens with zero attached hydrogens (tertiary/aromatic N) is 3. The molecule has 0 aliphatic carbocycles. The first-order valence-electron chi connectivity index (χ1n) is 10.7. The fourth-order valence-electron chi connectivity index (χ4n) is 3.86. The zero-order valence-corrected chi connectivity index (χ0v) is 22.4. The van der Waals surface area contributed by atoms with Gasteiger partial charge in [-0.1, -0.05) is 105 Å². The molecule has 4 aromatic rings. The van der Waals surface area contributed by atoms with Gasteiger partial charge in [-0.05, 0) is 35.4 Å². The molecule has 1 saturated heterocycles. The lowest BCUT2D eigenvalue weighted by Gasteiger charge is -2.22. The van der Waals surface area contributed by atoms with Crippen LogP contribution in [0.25, 0.3) is 5.76 Å². The quantitative estimate of drug-likeness (QED) is 0.0857. The van der Waals surface area contributed by atoms with E-state index < -0.39 is 17.7 Å². The number of anilines is 1. The van der Waals surface area contributed by atoms with E-state index >= 15 is 0 Å². The van der Waals surface area contributed by atoms with E-state index in [1.165, 1.54) is 28.0 Å². The van der Waals surface area contributed by atoms with E-state index in [0.29, 0.717) is 26.2 Å². The molecule has 0 spiro atoms. The highest BCUT2D eigenvalue weighted by Gasteiger charge is 2.48. The second-order valence-corrected chi connectivity index (χ2v) is 11.4. The van der Waals surface area contributed by atoms with Gasteiger partial charge in [0.2, 0.25) is 5.13 Å². The summed E-state index contributed by atoms with van der Waals surface area (Å²) < 4.78 is 1.43. The number of amides is 1. The van der Waals surface area contributed by atoms with Gasteiger partial charge in [-0.3, -0.25) is 14.5 Å². The average Bonchev–Trinajstić information content (AvgIpc) is 3.46. The molecule has 10 heteroatoms. The summed E-state index contributed by atoms with van der Waals surface area (Å²) in [6, 6.07) is 22.7. The molecule has 1 atom stereocenters. The van der Waals surface area contributed by atoms with Crippen molar-refractivity contribution in [3.63, 3.8) is 0 Å². The number of aliphatic hydroxyl groups is 1. The normalized spacial score (nSPS) is 17.1. The summed E-state index contributed by atoms with van der Waals surface area (Å²) in [5.74, 6) is -1.12. The SMILES string of the molecule is O=C1C(=O)N(c2nnc(SCc3ccc(Cl)cc3)s2)C(c2cccc(Br)c2)/C1=C(/O)c1ccccc1. The van der Waals surface area contributed by atoms with Gasteiger partial charge in [-0.15, -0.1) is 10.2 Å². The van der Waals surface area contributed by atoms with Crippen molar-refractivity contribution in [2.75, 3.05) is 4.90 Å². The average molecular weight is 599 g/mol. The molecule has 1 fully saturated rings. The first kappa shape index (κ1) is 24.7. The maximum absolute atomic E-state index is 13.3. The van der Waals surface area contributed by atoms with Gasteiger partial charge < -0.3 is 5.11 Å². The smallest absolute Gasteiger partial charge is 0.301 e. The van der Waals surface area contributed by atoms with Gasteiger partial charge in [-0.2, -0.15) is 0 Å². The highest BCUT2D eigenvalue weighted by Crippen LogP contribution is 2.44. The maximum atomic E-state index is 13.3. The van der Waals surface area contributed by atoms with E-state index in [9.17, 15) is 14.7 Å². The molecule has 36 heavy (non-hydrogen) atoms. The highest BCUT2D eigenvalue weighted by atomic mass is 79.9. The molecule has 180 valence electrons. The summed E-state index contributed by atoms with van der Waals surface area (Å²) in [5.41, 5.74) is 2.19. The van der Waals surface area contributed by atoms with E-state index in [1.807, 2.05) is 54.6 Å². The molecule has 0 bridgehead atoms. The highest BCUT2D eigenvalue weighted by molar-refractivity contribution is 9.10. The van der Waals surface area contributed by atoms with Gasteiger partial charge in [0.25, 0.3) is 5.78 Å². The van der Waals surface area contributed by atoms with Gasteiger partial charge in [-0.25, -0.2) is 0 Å². The number of carbonyl (C=O) groups excluding carboxylic acids is 2. The van der Waals surface area contributed by atoms with E-state index in [2.05, 4.69) is 26.1 Å². The van der Waals surface area contributed by atoms with Gasteiger partial charge in [0.05, 0.1) is 11.6 Å². The Kier molecular flexibility index (Phi) is 7.25. The van der Waals surface area contributed by atoms with Crippen molar-refractivity contribution in [1.82, 2.24) is 10.2 Å². The lowest BCUT2D eigenvalue weighted by Crippen LogP contribution is -2.29. The Hall–Kier alpha value is -2.98. The minimum absolute atomic E-state index is 0.00914. The Morgan fingerprint density at radius 3 is 2.50 bits per heavy atom. The third-order valence-electron chi connectivity index (χ3n) is 5.53. The van der Waals surface area contributed by atoms with Crippen LogP contribution >= 0.6 is 50.6 Å². The zero-order chi connectivity index (χ0) is 25.2. The number of halogens is 2. The number of carbonyl (C=O) groups is 2. The minimum Gasteiger partial charge on any atom is -0.507 e. The summed E-state index contributed by atoms with van der Waals surface area (Å²) in [5, 5.41) is 20.6. The van der Waals surface area contributed by atoms with E-state index in [1.54, 1.807) is 24.3 Å². The third-order valence-corrected chi connectivity index (χ3v) is 8.41. The molecule has 3 aromatic carbocycles. The summed E-state index contributed by atoms with van der Waals surface area (Å²) in [6.07, 6.45) is 0. The molecule has 0 radical (unpaired) electrons. The predicted octanol–water partition coefficient (Wildman–Crippen LogP) is 6.87. The topological polar surface area (TPSA) is 83.4 Å². The number of thioether (sulfide) groups is 1. The van der Waals surface area contributed by atoms with Gasteiger partial charge in [0, 0.05) is 20.8 Å². The maximum Gasteiger partial charge on any atom is 0.301 e. The van der Waals surface area contributed by atoms with Gasteiger partial charge in [0.15, 0.2) is 4.34 Å². The first-order valence-corrected chi connectivity index (χ1v) is 13.7. The van der Waals surface area contributed by atoms with Crippen molar-refractivity contribution in [2.45, 2.75) is 16.1 Å². The fourth-order valence-corrected chi connectivity index (χ4v) is 6.22. The summed E-state index contributed by atoms with van der Waals surface area (Å²) >= 11 is 12.1. The number of aromatic nitrogens is 2. The lowest BCUT2D eigenvalue weighted by atomic mass is 9.95. The molecule has 1 amide bonds. The Labute approximate surface area is 228 Å². The number of ketones is 1. The van der Waals surface area contributed by atoms with Crippen molar-refractivity contribution in [3.8, 4) is 0 Å². The predicted molar refractivity (Wildman–Crippen MR) is 146 cm³/mol. The van der Waals surface area contributed by atoms with E-state index in [-0.39, 0.29) is 16.5 Å². The molecular weight excluding hydrogens is 582 g/mol. The number of aliphatic hydroxyl groups excluding tert-OH is 1. The molecule has 1 unspecified atom stereocenters. The van der Waals surface area contributed by atoms with Crippen LogP contribution in [-0.4, -0.2) is 27.0 Å². The minimum atomic E-state index is -0.857. The number of hydrogen-bond acceptors (Lipinski definition) is 7. The Balaban J connectivity index is 1.53. The van der Waals surface area contributed by atoms with Crippen LogP contribution < -0.4 is 4.90 Å². The molecule has 2 heterocycles. The Morgan fingerprint density at radius 1 is 1.03 bits per heavy atom. The fraction of sp³-hybridized carbons (Fsp3) is 0.0769. The number of rotatable bonds is 6. The number of hydrogen-bond donors (Lipinski definition) is 1. The molecule has 0 saturated carbocycles. The standard InChI is InChI=1S/C26H17BrClN3O3S2/c27-18-8-4-7-17(13-18)21-20(22(32)16-5-2-1-3-6-16)23(33)24(34)31(21)25-29-30-26(36-25)35-14-15-9-11-19(28)12-10-15/h1-13,21,32H,14H2/b22-20-. The Morgan fingerprint density at radius 2 is 1.78 bits per heavy atom.